The molecule has 2 rings (SSSR count). The van der Waals surface area contributed by atoms with Crippen LogP contribution in [-0.2, 0) is 5.41 Å². The van der Waals surface area contributed by atoms with Gasteiger partial charge in [0.1, 0.15) is 5.82 Å². The Kier molecular flexibility index (Phi) is 2.42. The van der Waals surface area contributed by atoms with Crippen molar-refractivity contribution in [2.45, 2.75) is 26.2 Å². The maximum Gasteiger partial charge on any atom is 0.251 e. The molecule has 2 aromatic heterocycles. The van der Waals surface area contributed by atoms with Crippen LogP contribution in [0.4, 0.5) is 0 Å². The van der Waals surface area contributed by atoms with Crippen LogP contribution in [0.15, 0.2) is 33.9 Å². The Balaban J connectivity index is 2.57. The third-order valence-electron chi connectivity index (χ3n) is 2.27. The zero-order valence-electron chi connectivity index (χ0n) is 9.57. The molecule has 0 saturated carbocycles. The van der Waals surface area contributed by atoms with Crippen molar-refractivity contribution < 1.29 is 4.42 Å². The van der Waals surface area contributed by atoms with Crippen molar-refractivity contribution in [2.75, 3.05) is 0 Å². The van der Waals surface area contributed by atoms with Crippen LogP contribution in [0.5, 0.6) is 0 Å². The molecule has 0 radical (unpaired) electrons. The quantitative estimate of drug-likeness (QED) is 0.799. The number of rotatable bonds is 1. The summed E-state index contributed by atoms with van der Waals surface area (Å²) in [5.74, 6) is 0.677. The number of aromatic nitrogens is 2. The van der Waals surface area contributed by atoms with Gasteiger partial charge in [0.25, 0.3) is 5.56 Å². The van der Waals surface area contributed by atoms with Crippen molar-refractivity contribution in [3.63, 3.8) is 0 Å². The SMILES string of the molecule is CC(C)(C)c1nc(-c2ccoc2)cc(=O)[nH]1. The van der Waals surface area contributed by atoms with E-state index < -0.39 is 0 Å². The Labute approximate surface area is 93.3 Å². The molecule has 4 heteroatoms. The van der Waals surface area contributed by atoms with Gasteiger partial charge in [-0.15, -0.1) is 0 Å². The minimum absolute atomic E-state index is 0.142. The van der Waals surface area contributed by atoms with Gasteiger partial charge in [-0.2, -0.15) is 0 Å². The fourth-order valence-electron chi connectivity index (χ4n) is 1.37. The Bertz CT molecular complexity index is 533. The van der Waals surface area contributed by atoms with Crippen molar-refractivity contribution in [1.29, 1.82) is 0 Å². The van der Waals surface area contributed by atoms with Gasteiger partial charge in [-0.3, -0.25) is 4.79 Å². The molecule has 0 unspecified atom stereocenters. The summed E-state index contributed by atoms with van der Waals surface area (Å²) >= 11 is 0. The lowest BCUT2D eigenvalue weighted by atomic mass is 9.95. The van der Waals surface area contributed by atoms with E-state index in [1.165, 1.54) is 6.07 Å². The van der Waals surface area contributed by atoms with Crippen LogP contribution in [0.25, 0.3) is 11.3 Å². The summed E-state index contributed by atoms with van der Waals surface area (Å²) in [6.45, 7) is 6.01. The summed E-state index contributed by atoms with van der Waals surface area (Å²) in [6, 6.07) is 3.26. The molecule has 0 aromatic carbocycles. The average molecular weight is 218 g/mol. The zero-order valence-corrected chi connectivity index (χ0v) is 9.57. The molecule has 0 spiro atoms. The average Bonchev–Trinajstić information content (AvgIpc) is 2.68. The van der Waals surface area contributed by atoms with Crippen LogP contribution in [0, 0.1) is 0 Å². The van der Waals surface area contributed by atoms with E-state index in [0.717, 1.165) is 5.56 Å². The molecule has 0 aliphatic carbocycles. The first-order valence-corrected chi connectivity index (χ1v) is 5.11. The van der Waals surface area contributed by atoms with Crippen LogP contribution < -0.4 is 5.56 Å². The maximum atomic E-state index is 11.5. The summed E-state index contributed by atoms with van der Waals surface area (Å²) in [5.41, 5.74) is 1.13. The zero-order chi connectivity index (χ0) is 11.8. The first-order valence-electron chi connectivity index (χ1n) is 5.11. The van der Waals surface area contributed by atoms with E-state index >= 15 is 0 Å². The molecular formula is C12H14N2O2. The van der Waals surface area contributed by atoms with E-state index in [1.54, 1.807) is 18.6 Å². The standard InChI is InChI=1S/C12H14N2O2/c1-12(2,3)11-13-9(6-10(15)14-11)8-4-5-16-7-8/h4-7H,1-3H3,(H,13,14,15). The molecule has 84 valence electrons. The highest BCUT2D eigenvalue weighted by Gasteiger charge is 2.18. The van der Waals surface area contributed by atoms with Crippen LogP contribution in [0.3, 0.4) is 0 Å². The fraction of sp³-hybridized carbons (Fsp3) is 0.333. The van der Waals surface area contributed by atoms with Crippen molar-refractivity contribution in [2.24, 2.45) is 0 Å². The van der Waals surface area contributed by atoms with E-state index in [9.17, 15) is 4.79 Å². The van der Waals surface area contributed by atoms with Gasteiger partial charge in [-0.1, -0.05) is 20.8 Å². The smallest absolute Gasteiger partial charge is 0.251 e. The second kappa shape index (κ2) is 3.63. The minimum Gasteiger partial charge on any atom is -0.472 e. The van der Waals surface area contributed by atoms with Gasteiger partial charge in [0.05, 0.1) is 18.2 Å². The van der Waals surface area contributed by atoms with Crippen molar-refractivity contribution in [1.82, 2.24) is 9.97 Å². The molecule has 2 heterocycles. The molecule has 16 heavy (non-hydrogen) atoms. The number of aromatic amines is 1. The predicted molar refractivity (Wildman–Crippen MR) is 61.3 cm³/mol. The van der Waals surface area contributed by atoms with Crippen LogP contribution >= 0.6 is 0 Å². The first-order chi connectivity index (χ1) is 7.47. The van der Waals surface area contributed by atoms with Gasteiger partial charge < -0.3 is 9.40 Å². The molecule has 0 aliphatic rings. The van der Waals surface area contributed by atoms with Gasteiger partial charge in [0, 0.05) is 17.0 Å². The fourth-order valence-corrected chi connectivity index (χ4v) is 1.37. The molecular weight excluding hydrogens is 204 g/mol. The third kappa shape index (κ3) is 2.05. The summed E-state index contributed by atoms with van der Waals surface area (Å²) in [5, 5.41) is 0. The van der Waals surface area contributed by atoms with Gasteiger partial charge in [0.15, 0.2) is 0 Å². The Morgan fingerprint density at radius 2 is 2.12 bits per heavy atom. The number of hydrogen-bond donors (Lipinski definition) is 1. The normalized spacial score (nSPS) is 11.7. The molecule has 2 aromatic rings. The van der Waals surface area contributed by atoms with Gasteiger partial charge in [-0.05, 0) is 6.07 Å². The highest BCUT2D eigenvalue weighted by atomic mass is 16.3. The maximum absolute atomic E-state index is 11.5. The van der Waals surface area contributed by atoms with Crippen LogP contribution in [-0.4, -0.2) is 9.97 Å². The number of nitrogens with zero attached hydrogens (tertiary/aromatic N) is 1. The van der Waals surface area contributed by atoms with E-state index in [0.29, 0.717) is 11.5 Å². The molecule has 0 bridgehead atoms. The Morgan fingerprint density at radius 1 is 1.38 bits per heavy atom. The van der Waals surface area contributed by atoms with E-state index in [1.807, 2.05) is 20.8 Å². The monoisotopic (exact) mass is 218 g/mol. The minimum atomic E-state index is -0.182. The van der Waals surface area contributed by atoms with E-state index in [-0.39, 0.29) is 11.0 Å². The van der Waals surface area contributed by atoms with Crippen molar-refractivity contribution >= 4 is 0 Å². The largest absolute Gasteiger partial charge is 0.472 e. The topological polar surface area (TPSA) is 58.9 Å². The number of hydrogen-bond acceptors (Lipinski definition) is 3. The summed E-state index contributed by atoms with van der Waals surface area (Å²) < 4.78 is 4.98. The van der Waals surface area contributed by atoms with Gasteiger partial charge in [-0.25, -0.2) is 4.98 Å². The molecule has 0 amide bonds. The molecule has 0 fully saturated rings. The Morgan fingerprint density at radius 3 is 2.69 bits per heavy atom. The predicted octanol–water partition coefficient (Wildman–Crippen LogP) is 2.33. The summed E-state index contributed by atoms with van der Waals surface area (Å²) in [6.07, 6.45) is 3.14. The molecule has 1 N–H and O–H groups in total. The number of furan rings is 1. The van der Waals surface area contributed by atoms with Crippen LogP contribution in [0.2, 0.25) is 0 Å². The first kappa shape index (κ1) is 10.7. The molecule has 0 saturated heterocycles. The summed E-state index contributed by atoms with van der Waals surface area (Å²) in [7, 11) is 0. The van der Waals surface area contributed by atoms with Crippen molar-refractivity contribution in [3.8, 4) is 11.3 Å². The lowest BCUT2D eigenvalue weighted by Crippen LogP contribution is -2.21. The molecule has 0 atom stereocenters. The van der Waals surface area contributed by atoms with Gasteiger partial charge >= 0.3 is 0 Å². The van der Waals surface area contributed by atoms with Gasteiger partial charge in [0.2, 0.25) is 0 Å². The highest BCUT2D eigenvalue weighted by Crippen LogP contribution is 2.21. The lowest BCUT2D eigenvalue weighted by molar-refractivity contribution is 0.543. The highest BCUT2D eigenvalue weighted by molar-refractivity contribution is 5.56. The van der Waals surface area contributed by atoms with E-state index in [4.69, 9.17) is 4.42 Å². The van der Waals surface area contributed by atoms with E-state index in [2.05, 4.69) is 9.97 Å². The third-order valence-corrected chi connectivity index (χ3v) is 2.27. The molecule has 0 aliphatic heterocycles. The Hall–Kier alpha value is -1.84. The number of nitrogens with one attached hydrogen (secondary N) is 1. The lowest BCUT2D eigenvalue weighted by Gasteiger charge is -2.17. The van der Waals surface area contributed by atoms with Crippen LogP contribution in [0.1, 0.15) is 26.6 Å². The second-order valence-corrected chi connectivity index (χ2v) is 4.74. The number of H-pyrrole nitrogens is 1. The van der Waals surface area contributed by atoms with Crippen molar-refractivity contribution in [3.05, 3.63) is 40.8 Å². The summed E-state index contributed by atoms with van der Waals surface area (Å²) in [4.78, 5) is 18.7. The molecule has 4 nitrogen and oxygen atoms in total. The second-order valence-electron chi connectivity index (χ2n) is 4.74.